The van der Waals surface area contributed by atoms with Crippen LogP contribution < -0.4 is 0 Å². The molecule has 2 rings (SSSR count). The number of aliphatic hydroxyl groups is 1. The van der Waals surface area contributed by atoms with Crippen LogP contribution in [-0.2, 0) is 0 Å². The highest BCUT2D eigenvalue weighted by Gasteiger charge is 2.06. The third-order valence-corrected chi connectivity index (χ3v) is 3.10. The van der Waals surface area contributed by atoms with Gasteiger partial charge in [-0.05, 0) is 18.2 Å². The number of thiophene rings is 1. The Morgan fingerprint density at radius 2 is 2.12 bits per heavy atom. The van der Waals surface area contributed by atoms with E-state index < -0.39 is 5.83 Å². The lowest BCUT2D eigenvalue weighted by atomic mass is 10.3. The summed E-state index contributed by atoms with van der Waals surface area (Å²) in [6.07, 6.45) is 5.94. The first-order valence-corrected chi connectivity index (χ1v) is 5.45. The van der Waals surface area contributed by atoms with E-state index in [0.29, 0.717) is 4.88 Å². The normalized spacial score (nSPS) is 11.8. The second kappa shape index (κ2) is 4.96. The van der Waals surface area contributed by atoms with Gasteiger partial charge in [0.1, 0.15) is 12.2 Å². The Labute approximate surface area is 95.9 Å². The fraction of sp³-hybridized carbons (Fsp3) is 0.0909. The van der Waals surface area contributed by atoms with Crippen molar-refractivity contribution in [3.05, 3.63) is 41.8 Å². The second-order valence-electron chi connectivity index (χ2n) is 3.03. The average molecular weight is 236 g/mol. The van der Waals surface area contributed by atoms with Crippen molar-refractivity contribution in [2.24, 2.45) is 0 Å². The maximum absolute atomic E-state index is 13.3. The third-order valence-electron chi connectivity index (χ3n) is 1.96. The van der Waals surface area contributed by atoms with E-state index in [1.807, 2.05) is 6.07 Å². The van der Waals surface area contributed by atoms with Crippen LogP contribution in [-0.4, -0.2) is 21.7 Å². The molecule has 2 aromatic rings. The van der Waals surface area contributed by atoms with Gasteiger partial charge in [0.05, 0.1) is 11.5 Å². The number of halogens is 1. The molecule has 0 amide bonds. The van der Waals surface area contributed by atoms with E-state index in [-0.39, 0.29) is 6.61 Å². The Morgan fingerprint density at radius 1 is 1.38 bits per heavy atom. The SMILES string of the molecule is OC/C=C(\F)c1ccc(-c2cncnc2)s1. The van der Waals surface area contributed by atoms with Gasteiger partial charge in [-0.1, -0.05) is 0 Å². The van der Waals surface area contributed by atoms with E-state index in [1.165, 1.54) is 17.7 Å². The first-order chi connectivity index (χ1) is 7.81. The van der Waals surface area contributed by atoms with Crippen molar-refractivity contribution >= 4 is 17.2 Å². The molecule has 0 saturated heterocycles. The lowest BCUT2D eigenvalue weighted by molar-refractivity contribution is 0.342. The average Bonchev–Trinajstić information content (AvgIpc) is 2.80. The summed E-state index contributed by atoms with van der Waals surface area (Å²) < 4.78 is 13.3. The van der Waals surface area contributed by atoms with E-state index in [4.69, 9.17) is 5.11 Å². The summed E-state index contributed by atoms with van der Waals surface area (Å²) in [5.74, 6) is -0.407. The van der Waals surface area contributed by atoms with Crippen LogP contribution in [0.25, 0.3) is 16.3 Å². The monoisotopic (exact) mass is 236 g/mol. The Bertz CT molecular complexity index is 496. The molecule has 1 N–H and O–H groups in total. The van der Waals surface area contributed by atoms with Crippen LogP contribution in [0.4, 0.5) is 4.39 Å². The molecule has 2 aromatic heterocycles. The van der Waals surface area contributed by atoms with Gasteiger partial charge < -0.3 is 5.11 Å². The molecule has 0 saturated carbocycles. The standard InChI is InChI=1S/C11H9FN2OS/c12-9(3-4-15)11-2-1-10(16-11)8-5-13-7-14-6-8/h1-3,5-7,15H,4H2/b9-3-. The second-order valence-corrected chi connectivity index (χ2v) is 4.11. The van der Waals surface area contributed by atoms with Gasteiger partial charge in [0.25, 0.3) is 0 Å². The molecule has 0 fully saturated rings. The molecule has 3 nitrogen and oxygen atoms in total. The summed E-state index contributed by atoms with van der Waals surface area (Å²) in [4.78, 5) is 9.19. The lowest BCUT2D eigenvalue weighted by Gasteiger charge is -1.93. The number of aromatic nitrogens is 2. The molecule has 0 bridgehead atoms. The molecule has 0 atom stereocenters. The zero-order valence-corrected chi connectivity index (χ0v) is 9.12. The number of hydrogen-bond acceptors (Lipinski definition) is 4. The fourth-order valence-corrected chi connectivity index (χ4v) is 2.14. The van der Waals surface area contributed by atoms with Crippen molar-refractivity contribution < 1.29 is 9.50 Å². The molecule has 0 spiro atoms. The van der Waals surface area contributed by atoms with Crippen molar-refractivity contribution in [2.45, 2.75) is 0 Å². The Kier molecular flexibility index (Phi) is 3.38. The van der Waals surface area contributed by atoms with Gasteiger partial charge in [0, 0.05) is 22.8 Å². The molecule has 0 unspecified atom stereocenters. The quantitative estimate of drug-likeness (QED) is 0.890. The molecule has 2 heterocycles. The molecule has 0 radical (unpaired) electrons. The Hall–Kier alpha value is -1.59. The summed E-state index contributed by atoms with van der Waals surface area (Å²) in [6.45, 7) is -0.298. The van der Waals surface area contributed by atoms with Gasteiger partial charge in [-0.3, -0.25) is 0 Å². The highest BCUT2D eigenvalue weighted by molar-refractivity contribution is 7.16. The van der Waals surface area contributed by atoms with Crippen LogP contribution in [0.15, 0.2) is 36.9 Å². The molecule has 5 heteroatoms. The van der Waals surface area contributed by atoms with E-state index in [0.717, 1.165) is 16.5 Å². The van der Waals surface area contributed by atoms with Gasteiger partial charge in [-0.25, -0.2) is 14.4 Å². The summed E-state index contributed by atoms with van der Waals surface area (Å²) in [6, 6.07) is 3.48. The van der Waals surface area contributed by atoms with E-state index >= 15 is 0 Å². The minimum Gasteiger partial charge on any atom is -0.392 e. The highest BCUT2D eigenvalue weighted by Crippen LogP contribution is 2.31. The number of rotatable bonds is 3. The summed E-state index contributed by atoms with van der Waals surface area (Å²) in [5, 5.41) is 8.59. The molecular weight excluding hydrogens is 227 g/mol. The molecule has 16 heavy (non-hydrogen) atoms. The van der Waals surface area contributed by atoms with Crippen molar-refractivity contribution in [3.63, 3.8) is 0 Å². The van der Waals surface area contributed by atoms with Gasteiger partial charge in [0.2, 0.25) is 0 Å². The zero-order valence-electron chi connectivity index (χ0n) is 8.30. The lowest BCUT2D eigenvalue weighted by Crippen LogP contribution is -1.77. The first kappa shape index (κ1) is 10.9. The van der Waals surface area contributed by atoms with Crippen molar-refractivity contribution in [1.82, 2.24) is 9.97 Å². The van der Waals surface area contributed by atoms with Gasteiger partial charge in [-0.15, -0.1) is 11.3 Å². The van der Waals surface area contributed by atoms with E-state index in [2.05, 4.69) is 9.97 Å². The summed E-state index contributed by atoms with van der Waals surface area (Å²) in [5.41, 5.74) is 0.857. The maximum Gasteiger partial charge on any atom is 0.138 e. The Balaban J connectivity index is 2.30. The van der Waals surface area contributed by atoms with E-state index in [9.17, 15) is 4.39 Å². The zero-order chi connectivity index (χ0) is 11.4. The molecule has 0 aliphatic carbocycles. The molecular formula is C11H9FN2OS. The molecule has 82 valence electrons. The number of aliphatic hydroxyl groups excluding tert-OH is 1. The van der Waals surface area contributed by atoms with Gasteiger partial charge in [-0.2, -0.15) is 0 Å². The maximum atomic E-state index is 13.3. The van der Waals surface area contributed by atoms with Crippen LogP contribution in [0, 0.1) is 0 Å². The number of nitrogens with zero attached hydrogens (tertiary/aromatic N) is 2. The van der Waals surface area contributed by atoms with Crippen molar-refractivity contribution in [1.29, 1.82) is 0 Å². The predicted molar refractivity (Wildman–Crippen MR) is 61.5 cm³/mol. The van der Waals surface area contributed by atoms with Crippen LogP contribution in [0.2, 0.25) is 0 Å². The summed E-state index contributed by atoms with van der Waals surface area (Å²) >= 11 is 1.30. The predicted octanol–water partition coefficient (Wildman–Crippen LogP) is 2.51. The van der Waals surface area contributed by atoms with Gasteiger partial charge in [0.15, 0.2) is 0 Å². The van der Waals surface area contributed by atoms with Crippen LogP contribution in [0.3, 0.4) is 0 Å². The van der Waals surface area contributed by atoms with Gasteiger partial charge >= 0.3 is 0 Å². The smallest absolute Gasteiger partial charge is 0.138 e. The number of hydrogen-bond donors (Lipinski definition) is 1. The molecule has 0 aliphatic heterocycles. The minimum atomic E-state index is -0.407. The summed E-state index contributed by atoms with van der Waals surface area (Å²) in [7, 11) is 0. The molecule has 0 aromatic carbocycles. The van der Waals surface area contributed by atoms with Crippen LogP contribution in [0.5, 0.6) is 0 Å². The molecule has 0 aliphatic rings. The topological polar surface area (TPSA) is 46.0 Å². The van der Waals surface area contributed by atoms with Crippen molar-refractivity contribution in [2.75, 3.05) is 6.61 Å². The van der Waals surface area contributed by atoms with Crippen molar-refractivity contribution in [3.8, 4) is 10.4 Å². The largest absolute Gasteiger partial charge is 0.392 e. The third kappa shape index (κ3) is 2.32. The minimum absolute atomic E-state index is 0.298. The Morgan fingerprint density at radius 3 is 2.81 bits per heavy atom. The van der Waals surface area contributed by atoms with E-state index in [1.54, 1.807) is 18.5 Å². The first-order valence-electron chi connectivity index (χ1n) is 4.63. The van der Waals surface area contributed by atoms with Crippen LogP contribution >= 0.6 is 11.3 Å². The highest BCUT2D eigenvalue weighted by atomic mass is 32.1. The van der Waals surface area contributed by atoms with Crippen LogP contribution in [0.1, 0.15) is 4.88 Å². The fourth-order valence-electron chi connectivity index (χ4n) is 1.23.